The number of nitrogens with zero attached hydrogens (tertiary/aromatic N) is 3. The predicted molar refractivity (Wildman–Crippen MR) is 188 cm³/mol. The van der Waals surface area contributed by atoms with E-state index in [0.29, 0.717) is 18.4 Å². The molecule has 1 spiro atoms. The molecule has 2 aromatic rings. The molecule has 0 aromatic heterocycles. The molecule has 0 aliphatic carbocycles. The zero-order valence-electron chi connectivity index (χ0n) is 28.3. The van der Waals surface area contributed by atoms with Crippen molar-refractivity contribution in [1.29, 1.82) is 0 Å². The summed E-state index contributed by atoms with van der Waals surface area (Å²) in [5.41, 5.74) is 0.271. The topological polar surface area (TPSA) is 117 Å². The van der Waals surface area contributed by atoms with Crippen LogP contribution in [0.1, 0.15) is 50.3 Å². The largest absolute Gasteiger partial charge is 0.455 e. The van der Waals surface area contributed by atoms with E-state index in [1.54, 1.807) is 35.9 Å². The molecule has 9 atom stereocenters. The molecule has 3 heterocycles. The van der Waals surface area contributed by atoms with Crippen LogP contribution in [0.15, 0.2) is 86.0 Å². The third-order valence-corrected chi connectivity index (χ3v) is 11.1. The van der Waals surface area contributed by atoms with E-state index in [4.69, 9.17) is 9.47 Å². The van der Waals surface area contributed by atoms with Crippen molar-refractivity contribution in [3.05, 3.63) is 97.1 Å². The number of amides is 3. The number of aliphatic hydroxyl groups excluding tert-OH is 1. The Labute approximate surface area is 296 Å². The zero-order valence-corrected chi connectivity index (χ0v) is 29.9. The average molecular weight is 737 g/mol. The summed E-state index contributed by atoms with van der Waals surface area (Å²) in [5, 5.41) is 10.3. The van der Waals surface area contributed by atoms with Crippen molar-refractivity contribution in [3.63, 3.8) is 0 Å². The van der Waals surface area contributed by atoms with Crippen LogP contribution in [0, 0.1) is 11.8 Å². The Morgan fingerprint density at radius 2 is 1.76 bits per heavy atom. The van der Waals surface area contributed by atoms with E-state index >= 15 is 0 Å². The van der Waals surface area contributed by atoms with E-state index in [0.717, 1.165) is 5.56 Å². The number of carbonyl (C=O) groups is 4. The molecule has 3 aliphatic rings. The van der Waals surface area contributed by atoms with Gasteiger partial charge < -0.3 is 29.3 Å². The molecule has 5 rings (SSSR count). The minimum absolute atomic E-state index is 0.118. The maximum absolute atomic E-state index is 14.6. The quantitative estimate of drug-likeness (QED) is 0.164. The molecule has 49 heavy (non-hydrogen) atoms. The van der Waals surface area contributed by atoms with Gasteiger partial charge >= 0.3 is 5.97 Å². The monoisotopic (exact) mass is 735 g/mol. The highest BCUT2D eigenvalue weighted by molar-refractivity contribution is 9.09. The maximum atomic E-state index is 14.6. The van der Waals surface area contributed by atoms with Gasteiger partial charge in [0.1, 0.15) is 17.7 Å². The van der Waals surface area contributed by atoms with Crippen molar-refractivity contribution in [1.82, 2.24) is 14.7 Å². The van der Waals surface area contributed by atoms with E-state index in [1.807, 2.05) is 67.6 Å². The smallest absolute Gasteiger partial charge is 0.313 e. The average Bonchev–Trinajstić information content (AvgIpc) is 3.71. The van der Waals surface area contributed by atoms with E-state index in [1.165, 1.54) is 4.90 Å². The standard InChI is InChI=1S/C38H46BrN3O7/c1-6-8-19-29(44)40(5)25(4)32(27-17-13-10-14-18-27)48-37(47)30-31-35(45)42(24(3)23-43)34(38(31)21-28(39)33(30)49-38)36(46)41(20-7-2)22-26-15-11-9-12-16-26/h6-7,9-18,24-25,28,30-34,43H,1-2,8,19-23H2,3-5H3/t24-,25+,28?,30-,31+,32-,33-,34-,38+/m1/s1. The molecular weight excluding hydrogens is 690 g/mol. The fourth-order valence-corrected chi connectivity index (χ4v) is 8.61. The van der Waals surface area contributed by atoms with Gasteiger partial charge in [0.2, 0.25) is 17.7 Å². The number of aliphatic hydroxyl groups is 1. The van der Waals surface area contributed by atoms with Crippen molar-refractivity contribution in [2.75, 3.05) is 20.2 Å². The van der Waals surface area contributed by atoms with E-state index in [9.17, 15) is 24.3 Å². The van der Waals surface area contributed by atoms with E-state index < -0.39 is 59.6 Å². The molecule has 0 saturated carbocycles. The van der Waals surface area contributed by atoms with Gasteiger partial charge in [0.15, 0.2) is 0 Å². The van der Waals surface area contributed by atoms with Gasteiger partial charge in [-0.1, -0.05) is 88.7 Å². The zero-order chi connectivity index (χ0) is 35.5. The van der Waals surface area contributed by atoms with Gasteiger partial charge in [-0.05, 0) is 37.8 Å². The van der Waals surface area contributed by atoms with Crippen molar-refractivity contribution < 1.29 is 33.8 Å². The molecule has 1 unspecified atom stereocenters. The second kappa shape index (κ2) is 15.4. The number of likely N-dealkylation sites (N-methyl/N-ethyl adjacent to an activating group) is 1. The molecule has 3 aliphatic heterocycles. The molecule has 3 amide bonds. The van der Waals surface area contributed by atoms with Gasteiger partial charge in [-0.2, -0.15) is 0 Å². The number of benzene rings is 2. The molecule has 2 bridgehead atoms. The van der Waals surface area contributed by atoms with Gasteiger partial charge in [-0.15, -0.1) is 13.2 Å². The third kappa shape index (κ3) is 6.85. The summed E-state index contributed by atoms with van der Waals surface area (Å²) in [6.45, 7) is 11.2. The number of alkyl halides is 1. The minimum Gasteiger partial charge on any atom is -0.455 e. The molecule has 0 radical (unpaired) electrons. The summed E-state index contributed by atoms with van der Waals surface area (Å²) >= 11 is 3.72. The van der Waals surface area contributed by atoms with Crippen LogP contribution in [-0.4, -0.2) is 98.4 Å². The lowest BCUT2D eigenvalue weighted by Crippen LogP contribution is -2.58. The van der Waals surface area contributed by atoms with Crippen molar-refractivity contribution in [3.8, 4) is 0 Å². The van der Waals surface area contributed by atoms with E-state index in [-0.39, 0.29) is 42.8 Å². The molecule has 11 heteroatoms. The lowest BCUT2D eigenvalue weighted by molar-refractivity contribution is -0.165. The fraction of sp³-hybridized carbons (Fsp3) is 0.474. The normalized spacial score (nSPS) is 27.2. The van der Waals surface area contributed by atoms with Crippen LogP contribution in [0.5, 0.6) is 0 Å². The Bertz CT molecular complexity index is 1540. The molecular formula is C38H46BrN3O7. The second-order valence-corrected chi connectivity index (χ2v) is 14.5. The van der Waals surface area contributed by atoms with Crippen LogP contribution in [0.4, 0.5) is 0 Å². The SMILES string of the molecule is C=CCCC(=O)N(C)[C@@H](C)[C@@H](OC(=O)[C@H]1[C@@H]2O[C@@]3(CC2Br)[C@@H]1C(=O)N([C@H](C)CO)[C@@H]3C(=O)N(CC=C)Cc1ccccc1)c1ccccc1. The van der Waals surface area contributed by atoms with Crippen LogP contribution in [0.25, 0.3) is 0 Å². The number of allylic oxidation sites excluding steroid dienone is 1. The number of esters is 1. The second-order valence-electron chi connectivity index (χ2n) is 13.3. The first-order valence-electron chi connectivity index (χ1n) is 16.8. The van der Waals surface area contributed by atoms with Crippen molar-refractivity contribution in [2.45, 2.75) is 80.4 Å². The Morgan fingerprint density at radius 1 is 1.10 bits per heavy atom. The van der Waals surface area contributed by atoms with Gasteiger partial charge in [0.25, 0.3) is 0 Å². The fourth-order valence-electron chi connectivity index (χ4n) is 7.67. The Hall–Kier alpha value is -3.80. The number of fused-ring (bicyclic) bond motifs is 1. The lowest BCUT2D eigenvalue weighted by Gasteiger charge is -2.38. The Balaban J connectivity index is 1.50. The van der Waals surface area contributed by atoms with Gasteiger partial charge in [-0.3, -0.25) is 19.2 Å². The van der Waals surface area contributed by atoms with Crippen LogP contribution >= 0.6 is 15.9 Å². The molecule has 3 saturated heterocycles. The van der Waals surface area contributed by atoms with Crippen molar-refractivity contribution >= 4 is 39.6 Å². The molecule has 1 N–H and O–H groups in total. The summed E-state index contributed by atoms with van der Waals surface area (Å²) in [4.78, 5) is 60.9. The number of ether oxygens (including phenoxy) is 2. The number of halogens is 1. The first-order chi connectivity index (χ1) is 23.5. The first-order valence-corrected chi connectivity index (χ1v) is 17.7. The third-order valence-electron chi connectivity index (χ3n) is 10.2. The van der Waals surface area contributed by atoms with Gasteiger partial charge in [0.05, 0.1) is 36.6 Å². The maximum Gasteiger partial charge on any atom is 0.313 e. The lowest BCUT2D eigenvalue weighted by atomic mass is 9.70. The number of hydrogen-bond acceptors (Lipinski definition) is 7. The molecule has 262 valence electrons. The highest BCUT2D eigenvalue weighted by atomic mass is 79.9. The Kier molecular flexibility index (Phi) is 11.5. The number of rotatable bonds is 15. The van der Waals surface area contributed by atoms with E-state index in [2.05, 4.69) is 29.1 Å². The number of carbonyl (C=O) groups excluding carboxylic acids is 4. The van der Waals surface area contributed by atoms with Gasteiger partial charge in [0, 0.05) is 31.4 Å². The van der Waals surface area contributed by atoms with Crippen LogP contribution in [-0.2, 0) is 35.2 Å². The van der Waals surface area contributed by atoms with Gasteiger partial charge in [-0.25, -0.2) is 0 Å². The molecule has 10 nitrogen and oxygen atoms in total. The summed E-state index contributed by atoms with van der Waals surface area (Å²) in [7, 11) is 1.68. The predicted octanol–water partition coefficient (Wildman–Crippen LogP) is 4.43. The van der Waals surface area contributed by atoms with Crippen LogP contribution in [0.2, 0.25) is 0 Å². The Morgan fingerprint density at radius 3 is 2.37 bits per heavy atom. The van der Waals surface area contributed by atoms with Crippen LogP contribution < -0.4 is 0 Å². The van der Waals surface area contributed by atoms with Crippen LogP contribution in [0.3, 0.4) is 0 Å². The van der Waals surface area contributed by atoms with Crippen molar-refractivity contribution in [2.24, 2.45) is 11.8 Å². The molecule has 3 fully saturated rings. The minimum atomic E-state index is -1.33. The number of hydrogen-bond donors (Lipinski definition) is 1. The summed E-state index contributed by atoms with van der Waals surface area (Å²) in [6.07, 6.45) is 2.84. The first kappa shape index (κ1) is 36.5. The highest BCUT2D eigenvalue weighted by Gasteiger charge is 2.77. The summed E-state index contributed by atoms with van der Waals surface area (Å²) < 4.78 is 13.0. The highest BCUT2D eigenvalue weighted by Crippen LogP contribution is 2.61. The summed E-state index contributed by atoms with van der Waals surface area (Å²) in [5.74, 6) is -3.57. The number of likely N-dealkylation sites (tertiary alicyclic amines) is 1. The molecule has 2 aromatic carbocycles. The summed E-state index contributed by atoms with van der Waals surface area (Å²) in [6, 6.07) is 16.4.